The molecule has 0 aromatic carbocycles. The number of hydrogen-bond donors (Lipinski definition) is 0. The second-order valence-electron chi connectivity index (χ2n) is 21.7. The second-order valence-corrected chi connectivity index (χ2v) is 21.7. The van der Waals surface area contributed by atoms with Gasteiger partial charge < -0.3 is 14.2 Å². The minimum Gasteiger partial charge on any atom is -0.462 e. The molecule has 0 amide bonds. The van der Waals surface area contributed by atoms with Gasteiger partial charge in [-0.15, -0.1) is 0 Å². The molecule has 0 fully saturated rings. The molecule has 0 aliphatic heterocycles. The summed E-state index contributed by atoms with van der Waals surface area (Å²) in [6.45, 7) is 6.65. The summed E-state index contributed by atoms with van der Waals surface area (Å²) in [7, 11) is 0. The van der Waals surface area contributed by atoms with Gasteiger partial charge >= 0.3 is 17.9 Å². The first kappa shape index (κ1) is 70.4. The smallest absolute Gasteiger partial charge is 0.306 e. The van der Waals surface area contributed by atoms with Crippen molar-refractivity contribution in [2.24, 2.45) is 0 Å². The Hall–Kier alpha value is -2.63. The molecule has 426 valence electrons. The third kappa shape index (κ3) is 60.1. The fourth-order valence-corrected chi connectivity index (χ4v) is 9.41. The molecule has 0 saturated carbocycles. The van der Waals surface area contributed by atoms with Gasteiger partial charge in [0.2, 0.25) is 0 Å². The summed E-state index contributed by atoms with van der Waals surface area (Å²) in [5, 5.41) is 0. The van der Waals surface area contributed by atoms with E-state index >= 15 is 0 Å². The van der Waals surface area contributed by atoms with Crippen LogP contribution in [-0.2, 0) is 28.6 Å². The van der Waals surface area contributed by atoms with Gasteiger partial charge in [0.1, 0.15) is 13.2 Å². The number of unbranched alkanes of at least 4 members (excludes halogenated alkanes) is 40. The molecule has 0 aliphatic carbocycles. The van der Waals surface area contributed by atoms with Crippen LogP contribution in [0.15, 0.2) is 48.6 Å². The summed E-state index contributed by atoms with van der Waals surface area (Å²) >= 11 is 0. The Balaban J connectivity index is 4.32. The minimum atomic E-state index is -0.779. The van der Waals surface area contributed by atoms with Crippen LogP contribution in [0, 0.1) is 0 Å². The van der Waals surface area contributed by atoms with Crippen LogP contribution in [0.5, 0.6) is 0 Å². The van der Waals surface area contributed by atoms with Crippen LogP contribution >= 0.6 is 0 Å². The van der Waals surface area contributed by atoms with E-state index in [4.69, 9.17) is 14.2 Å². The summed E-state index contributed by atoms with van der Waals surface area (Å²) < 4.78 is 16.9. The zero-order valence-electron chi connectivity index (χ0n) is 48.9. The van der Waals surface area contributed by atoms with Gasteiger partial charge in [-0.05, 0) is 103 Å². The summed E-state index contributed by atoms with van der Waals surface area (Å²) in [4.78, 5) is 38.3. The molecule has 6 heteroatoms. The van der Waals surface area contributed by atoms with Crippen molar-refractivity contribution in [3.05, 3.63) is 48.6 Å². The monoisotopic (exact) mass is 1020 g/mol. The molecule has 6 nitrogen and oxygen atoms in total. The standard InChI is InChI=1S/C67H122O6/c1-4-7-10-13-16-19-22-25-28-30-32-33-34-35-36-38-39-42-45-48-51-54-57-60-66(69)72-63-64(62-71-65(68)59-56-53-50-47-44-41-27-24-21-18-15-12-9-6-3)73-67(70)61-58-55-52-49-46-43-40-37-31-29-26-23-20-17-14-11-8-5-2/h22,24-25,27,29-32,64H,4-21,23,26,28,33-63H2,1-3H3/b25-22-,27-24-,31-29-,32-30-. The highest BCUT2D eigenvalue weighted by Gasteiger charge is 2.19. The Kier molecular flexibility index (Phi) is 59.7. The predicted octanol–water partition coefficient (Wildman–Crippen LogP) is 21.8. The van der Waals surface area contributed by atoms with Crippen molar-refractivity contribution >= 4 is 17.9 Å². The van der Waals surface area contributed by atoms with Crippen molar-refractivity contribution < 1.29 is 28.6 Å². The first-order valence-electron chi connectivity index (χ1n) is 32.1. The van der Waals surface area contributed by atoms with Crippen LogP contribution < -0.4 is 0 Å². The van der Waals surface area contributed by atoms with Crippen molar-refractivity contribution in [2.75, 3.05) is 13.2 Å². The van der Waals surface area contributed by atoms with Crippen molar-refractivity contribution in [3.8, 4) is 0 Å². The van der Waals surface area contributed by atoms with Gasteiger partial charge in [0.25, 0.3) is 0 Å². The van der Waals surface area contributed by atoms with E-state index in [9.17, 15) is 14.4 Å². The van der Waals surface area contributed by atoms with Crippen molar-refractivity contribution in [2.45, 2.75) is 348 Å². The SMILES string of the molecule is CCCCCCC/C=C\C/C=C\CCCCCCCCCCCCCC(=O)OCC(COC(=O)CCCCCCC/C=C\CCCCCCC)OC(=O)CCCCCCCCC/C=C\CCCCCCCCC. The number of carbonyl (C=O) groups is 3. The normalized spacial score (nSPS) is 12.3. The predicted molar refractivity (Wildman–Crippen MR) is 316 cm³/mol. The van der Waals surface area contributed by atoms with E-state index in [0.29, 0.717) is 19.3 Å². The molecule has 0 N–H and O–H groups in total. The van der Waals surface area contributed by atoms with Crippen LogP contribution in [0.1, 0.15) is 342 Å². The molecule has 0 aliphatic rings. The van der Waals surface area contributed by atoms with Crippen molar-refractivity contribution in [1.29, 1.82) is 0 Å². The molecular weight excluding hydrogens is 901 g/mol. The third-order valence-corrected chi connectivity index (χ3v) is 14.3. The molecular formula is C67H122O6. The van der Waals surface area contributed by atoms with Gasteiger partial charge in [0, 0.05) is 19.3 Å². The van der Waals surface area contributed by atoms with Crippen LogP contribution in [0.25, 0.3) is 0 Å². The highest BCUT2D eigenvalue weighted by molar-refractivity contribution is 5.71. The zero-order valence-corrected chi connectivity index (χ0v) is 48.9. The Labute approximate surface area is 454 Å². The molecule has 0 aromatic heterocycles. The maximum absolute atomic E-state index is 12.9. The average Bonchev–Trinajstić information content (AvgIpc) is 3.39. The van der Waals surface area contributed by atoms with E-state index in [2.05, 4.69) is 69.4 Å². The highest BCUT2D eigenvalue weighted by atomic mass is 16.6. The van der Waals surface area contributed by atoms with Gasteiger partial charge in [-0.3, -0.25) is 14.4 Å². The fraction of sp³-hybridized carbons (Fsp3) is 0.836. The van der Waals surface area contributed by atoms with E-state index in [1.807, 2.05) is 0 Å². The quantitative estimate of drug-likeness (QED) is 0.0261. The maximum atomic E-state index is 12.9. The number of ether oxygens (including phenoxy) is 3. The van der Waals surface area contributed by atoms with E-state index in [1.165, 1.54) is 231 Å². The highest BCUT2D eigenvalue weighted by Crippen LogP contribution is 2.16. The lowest BCUT2D eigenvalue weighted by Gasteiger charge is -2.18. The van der Waals surface area contributed by atoms with E-state index in [1.54, 1.807) is 0 Å². The van der Waals surface area contributed by atoms with Gasteiger partial charge in [0.05, 0.1) is 0 Å². The molecule has 0 radical (unpaired) electrons. The Morgan fingerprint density at radius 2 is 0.493 bits per heavy atom. The van der Waals surface area contributed by atoms with E-state index in [-0.39, 0.29) is 31.1 Å². The van der Waals surface area contributed by atoms with E-state index in [0.717, 1.165) is 70.6 Å². The molecule has 0 saturated heterocycles. The number of esters is 3. The second kappa shape index (κ2) is 61.9. The van der Waals surface area contributed by atoms with Gasteiger partial charge in [-0.25, -0.2) is 0 Å². The topological polar surface area (TPSA) is 78.9 Å². The first-order chi connectivity index (χ1) is 36.0. The van der Waals surface area contributed by atoms with Crippen LogP contribution in [0.4, 0.5) is 0 Å². The zero-order chi connectivity index (χ0) is 52.9. The number of rotatable bonds is 59. The van der Waals surface area contributed by atoms with Crippen molar-refractivity contribution in [1.82, 2.24) is 0 Å². The molecule has 0 heterocycles. The molecule has 0 bridgehead atoms. The van der Waals surface area contributed by atoms with Crippen molar-refractivity contribution in [3.63, 3.8) is 0 Å². The van der Waals surface area contributed by atoms with E-state index < -0.39 is 6.10 Å². The number of hydrogen-bond acceptors (Lipinski definition) is 6. The maximum Gasteiger partial charge on any atom is 0.306 e. The largest absolute Gasteiger partial charge is 0.462 e. The molecule has 0 spiro atoms. The van der Waals surface area contributed by atoms with Gasteiger partial charge in [-0.1, -0.05) is 268 Å². The van der Waals surface area contributed by atoms with Crippen LogP contribution in [-0.4, -0.2) is 37.2 Å². The fourth-order valence-electron chi connectivity index (χ4n) is 9.41. The molecule has 1 atom stereocenters. The number of carbonyl (C=O) groups excluding carboxylic acids is 3. The molecule has 73 heavy (non-hydrogen) atoms. The van der Waals surface area contributed by atoms with Gasteiger partial charge in [0.15, 0.2) is 6.10 Å². The third-order valence-electron chi connectivity index (χ3n) is 14.3. The number of allylic oxidation sites excluding steroid dienone is 8. The molecule has 0 rings (SSSR count). The summed E-state index contributed by atoms with van der Waals surface area (Å²) in [6.07, 6.45) is 76.8. The van der Waals surface area contributed by atoms with Crippen LogP contribution in [0.3, 0.4) is 0 Å². The Morgan fingerprint density at radius 3 is 0.767 bits per heavy atom. The average molecular weight is 1020 g/mol. The lowest BCUT2D eigenvalue weighted by atomic mass is 10.0. The summed E-state index contributed by atoms with van der Waals surface area (Å²) in [5.74, 6) is -0.872. The van der Waals surface area contributed by atoms with Crippen LogP contribution in [0.2, 0.25) is 0 Å². The Bertz CT molecular complexity index is 1270. The first-order valence-corrected chi connectivity index (χ1v) is 32.1. The molecule has 1 unspecified atom stereocenters. The summed E-state index contributed by atoms with van der Waals surface area (Å²) in [5.41, 5.74) is 0. The lowest BCUT2D eigenvalue weighted by Crippen LogP contribution is -2.30. The minimum absolute atomic E-state index is 0.0763. The summed E-state index contributed by atoms with van der Waals surface area (Å²) in [6, 6.07) is 0. The lowest BCUT2D eigenvalue weighted by molar-refractivity contribution is -0.167. The Morgan fingerprint density at radius 1 is 0.274 bits per heavy atom. The molecule has 0 aromatic rings. The van der Waals surface area contributed by atoms with Gasteiger partial charge in [-0.2, -0.15) is 0 Å².